The number of methoxy groups -OCH3 is 2. The zero-order chi connectivity index (χ0) is 28.9. The second-order valence-electron chi connectivity index (χ2n) is 9.85. The van der Waals surface area contributed by atoms with Crippen molar-refractivity contribution < 1.29 is 22.7 Å². The van der Waals surface area contributed by atoms with E-state index in [2.05, 4.69) is 18.7 Å². The van der Waals surface area contributed by atoms with Crippen molar-refractivity contribution in [3.05, 3.63) is 42.0 Å². The first kappa shape index (κ1) is 33.1. The zero-order valence-electron chi connectivity index (χ0n) is 24.5. The van der Waals surface area contributed by atoms with Crippen LogP contribution in [0.3, 0.4) is 0 Å². The summed E-state index contributed by atoms with van der Waals surface area (Å²) >= 11 is 1.41. The minimum atomic E-state index is -3.63. The van der Waals surface area contributed by atoms with E-state index in [1.165, 1.54) is 11.3 Å². The Morgan fingerprint density at radius 2 is 1.68 bits per heavy atom. The van der Waals surface area contributed by atoms with Crippen molar-refractivity contribution in [3.63, 3.8) is 0 Å². The SMILES string of the molecule is CCC1CCCCN1S(=O)(=O)c1ccc(C(=O)N(CCN(CC)CC)c2nc3cc(OC)c(OC)cc3s2)cc1.Cl. The van der Waals surface area contributed by atoms with Crippen LogP contribution in [0.5, 0.6) is 11.5 Å². The number of benzene rings is 2. The van der Waals surface area contributed by atoms with Crippen molar-refractivity contribution in [3.8, 4) is 11.5 Å². The van der Waals surface area contributed by atoms with Gasteiger partial charge in [0.15, 0.2) is 16.6 Å². The minimum Gasteiger partial charge on any atom is -0.493 e. The molecule has 3 aromatic rings. The van der Waals surface area contributed by atoms with Gasteiger partial charge in [-0.15, -0.1) is 12.4 Å². The van der Waals surface area contributed by atoms with E-state index >= 15 is 0 Å². The van der Waals surface area contributed by atoms with Gasteiger partial charge in [0.1, 0.15) is 0 Å². The van der Waals surface area contributed by atoms with Crippen LogP contribution in [0.15, 0.2) is 41.3 Å². The molecule has 1 aromatic heterocycles. The number of carbonyl (C=O) groups excluding carboxylic acids is 1. The summed E-state index contributed by atoms with van der Waals surface area (Å²) in [6.07, 6.45) is 3.59. The first-order valence-electron chi connectivity index (χ1n) is 14.0. The third kappa shape index (κ3) is 7.14. The minimum absolute atomic E-state index is 0. The number of sulfonamides is 1. The highest BCUT2D eigenvalue weighted by Crippen LogP contribution is 2.37. The molecule has 0 bridgehead atoms. The molecule has 0 N–H and O–H groups in total. The highest BCUT2D eigenvalue weighted by molar-refractivity contribution is 7.89. The standard InChI is InChI=1S/C29H40N4O5S2.ClH/c1-6-22-11-9-10-16-33(22)40(35,36)23-14-12-21(13-15-23)28(34)32(18-17-31(7-2)8-3)29-30-24-19-25(37-4)26(38-5)20-27(24)39-29;/h12-15,19-20,22H,6-11,16-18H2,1-5H3;1H. The Morgan fingerprint density at radius 3 is 2.29 bits per heavy atom. The molecule has 1 aliphatic heterocycles. The van der Waals surface area contributed by atoms with Crippen LogP contribution in [-0.2, 0) is 10.0 Å². The predicted octanol–water partition coefficient (Wildman–Crippen LogP) is 5.68. The first-order chi connectivity index (χ1) is 19.3. The summed E-state index contributed by atoms with van der Waals surface area (Å²) in [5.74, 6) is 0.948. The van der Waals surface area contributed by atoms with Crippen molar-refractivity contribution in [2.45, 2.75) is 57.4 Å². The third-order valence-corrected chi connectivity index (χ3v) is 10.7. The van der Waals surface area contributed by atoms with E-state index in [9.17, 15) is 13.2 Å². The Kier molecular flexibility index (Phi) is 11.8. The number of thiazole rings is 1. The van der Waals surface area contributed by atoms with Crippen molar-refractivity contribution in [2.24, 2.45) is 0 Å². The second kappa shape index (κ2) is 14.6. The fourth-order valence-corrected chi connectivity index (χ4v) is 7.95. The Balaban J connectivity index is 0.00000462. The fourth-order valence-electron chi connectivity index (χ4n) is 5.18. The Morgan fingerprint density at radius 1 is 1.02 bits per heavy atom. The summed E-state index contributed by atoms with van der Waals surface area (Å²) in [4.78, 5) is 22.8. The summed E-state index contributed by atoms with van der Waals surface area (Å²) < 4.78 is 40.3. The van der Waals surface area contributed by atoms with Crippen LogP contribution in [0.2, 0.25) is 0 Å². The number of carbonyl (C=O) groups is 1. The van der Waals surface area contributed by atoms with Gasteiger partial charge >= 0.3 is 0 Å². The lowest BCUT2D eigenvalue weighted by Crippen LogP contribution is -2.43. The predicted molar refractivity (Wildman–Crippen MR) is 168 cm³/mol. The van der Waals surface area contributed by atoms with Gasteiger partial charge in [0.25, 0.3) is 5.91 Å². The maximum Gasteiger partial charge on any atom is 0.260 e. The molecule has 0 saturated carbocycles. The third-order valence-electron chi connectivity index (χ3n) is 7.65. The van der Waals surface area contributed by atoms with E-state index in [0.29, 0.717) is 47.3 Å². The quantitative estimate of drug-likeness (QED) is 0.256. The number of aromatic nitrogens is 1. The number of likely N-dealkylation sites (N-methyl/N-ethyl adjacent to an activating group) is 1. The molecule has 0 aliphatic carbocycles. The molecule has 1 saturated heterocycles. The number of fused-ring (bicyclic) bond motifs is 1. The summed E-state index contributed by atoms with van der Waals surface area (Å²) in [6.45, 7) is 9.62. The van der Waals surface area contributed by atoms with Crippen LogP contribution in [-0.4, -0.2) is 81.5 Å². The lowest BCUT2D eigenvalue weighted by atomic mass is 10.0. The normalized spacial score (nSPS) is 16.0. The van der Waals surface area contributed by atoms with Gasteiger partial charge in [0, 0.05) is 43.4 Å². The van der Waals surface area contributed by atoms with Gasteiger partial charge in [-0.2, -0.15) is 4.31 Å². The first-order valence-corrected chi connectivity index (χ1v) is 16.2. The number of anilines is 1. The number of hydrogen-bond acceptors (Lipinski definition) is 8. The average Bonchev–Trinajstić information content (AvgIpc) is 3.40. The van der Waals surface area contributed by atoms with Gasteiger partial charge in [0.2, 0.25) is 10.0 Å². The van der Waals surface area contributed by atoms with Crippen LogP contribution in [0.4, 0.5) is 5.13 Å². The topological polar surface area (TPSA) is 92.3 Å². The van der Waals surface area contributed by atoms with Crippen LogP contribution in [0.1, 0.15) is 56.8 Å². The number of ether oxygens (including phenoxy) is 2. The fraction of sp³-hybridized carbons (Fsp3) is 0.517. The van der Waals surface area contributed by atoms with Crippen LogP contribution < -0.4 is 14.4 Å². The number of hydrogen-bond donors (Lipinski definition) is 0. The van der Waals surface area contributed by atoms with Gasteiger partial charge in [0.05, 0.1) is 29.3 Å². The number of nitrogens with zero attached hydrogens (tertiary/aromatic N) is 4. The van der Waals surface area contributed by atoms with E-state index in [1.807, 2.05) is 19.1 Å². The maximum absolute atomic E-state index is 13.9. The molecular weight excluding hydrogens is 584 g/mol. The van der Waals surface area contributed by atoms with E-state index in [0.717, 1.165) is 43.5 Å². The smallest absolute Gasteiger partial charge is 0.260 e. The van der Waals surface area contributed by atoms with Crippen molar-refractivity contribution in [1.29, 1.82) is 0 Å². The van der Waals surface area contributed by atoms with E-state index in [4.69, 9.17) is 14.5 Å². The zero-order valence-corrected chi connectivity index (χ0v) is 26.9. The lowest BCUT2D eigenvalue weighted by molar-refractivity contribution is 0.0983. The summed E-state index contributed by atoms with van der Waals surface area (Å²) in [6, 6.07) is 10.0. The molecule has 1 amide bonds. The van der Waals surface area contributed by atoms with Crippen molar-refractivity contribution in [2.75, 3.05) is 51.8 Å². The highest BCUT2D eigenvalue weighted by atomic mass is 35.5. The molecule has 226 valence electrons. The van der Waals surface area contributed by atoms with Crippen LogP contribution in [0, 0.1) is 0 Å². The van der Waals surface area contributed by atoms with Gasteiger partial charge in [-0.25, -0.2) is 13.4 Å². The molecule has 0 spiro atoms. The van der Waals surface area contributed by atoms with Crippen LogP contribution in [0.25, 0.3) is 10.2 Å². The molecule has 12 heteroatoms. The molecule has 2 heterocycles. The van der Waals surface area contributed by atoms with E-state index in [1.54, 1.807) is 47.7 Å². The second-order valence-corrected chi connectivity index (χ2v) is 12.8. The number of halogens is 1. The lowest BCUT2D eigenvalue weighted by Gasteiger charge is -2.34. The summed E-state index contributed by atoms with van der Waals surface area (Å²) in [5.41, 5.74) is 1.13. The number of amides is 1. The van der Waals surface area contributed by atoms with E-state index in [-0.39, 0.29) is 29.3 Å². The van der Waals surface area contributed by atoms with Gasteiger partial charge in [-0.3, -0.25) is 9.69 Å². The average molecular weight is 625 g/mol. The van der Waals surface area contributed by atoms with Gasteiger partial charge < -0.3 is 14.4 Å². The van der Waals surface area contributed by atoms with Crippen molar-refractivity contribution in [1.82, 2.24) is 14.2 Å². The molecule has 4 rings (SSSR count). The van der Waals surface area contributed by atoms with Gasteiger partial charge in [-0.1, -0.05) is 38.5 Å². The Bertz CT molecular complexity index is 1370. The molecule has 0 radical (unpaired) electrons. The molecule has 1 unspecified atom stereocenters. The molecule has 1 fully saturated rings. The number of rotatable bonds is 12. The van der Waals surface area contributed by atoms with E-state index < -0.39 is 10.0 Å². The largest absolute Gasteiger partial charge is 0.493 e. The molecular formula is C29H41ClN4O5S2. The number of piperidine rings is 1. The van der Waals surface area contributed by atoms with Crippen molar-refractivity contribution >= 4 is 55.0 Å². The molecule has 1 aliphatic rings. The molecule has 41 heavy (non-hydrogen) atoms. The molecule has 1 atom stereocenters. The van der Waals surface area contributed by atoms with Gasteiger partial charge in [-0.05, 0) is 56.6 Å². The maximum atomic E-state index is 13.9. The summed E-state index contributed by atoms with van der Waals surface area (Å²) in [7, 11) is -0.465. The Labute approximate surface area is 253 Å². The summed E-state index contributed by atoms with van der Waals surface area (Å²) in [5, 5.41) is 0.568. The highest BCUT2D eigenvalue weighted by Gasteiger charge is 2.33. The monoisotopic (exact) mass is 624 g/mol. The molecule has 2 aromatic carbocycles. The Hall–Kier alpha value is -2.44. The van der Waals surface area contributed by atoms with Crippen LogP contribution >= 0.6 is 23.7 Å². The molecule has 9 nitrogen and oxygen atoms in total.